The van der Waals surface area contributed by atoms with Crippen LogP contribution in [0.15, 0.2) is 18.3 Å². The Morgan fingerprint density at radius 3 is 2.76 bits per heavy atom. The fraction of sp³-hybridized carbons (Fsp3) is 0.615. The van der Waals surface area contributed by atoms with Crippen molar-refractivity contribution in [2.24, 2.45) is 0 Å². The van der Waals surface area contributed by atoms with Crippen LogP contribution in [0.1, 0.15) is 5.56 Å². The molecule has 1 aromatic heterocycles. The van der Waals surface area contributed by atoms with Gasteiger partial charge in [-0.1, -0.05) is 0 Å². The second-order valence-corrected chi connectivity index (χ2v) is 4.88. The Labute approximate surface area is 120 Å². The number of morpholine rings is 1. The maximum atomic E-state index is 12.6. The van der Waals surface area contributed by atoms with Crippen molar-refractivity contribution >= 4 is 5.82 Å². The molecule has 8 heteroatoms. The molecule has 0 bridgehead atoms. The van der Waals surface area contributed by atoms with E-state index in [1.165, 1.54) is 0 Å². The quantitative estimate of drug-likeness (QED) is 0.856. The van der Waals surface area contributed by atoms with Gasteiger partial charge >= 0.3 is 6.18 Å². The average Bonchev–Trinajstić information content (AvgIpc) is 2.46. The molecule has 118 valence electrons. The predicted octanol–water partition coefficient (Wildman–Crippen LogP) is 1.21. The van der Waals surface area contributed by atoms with Crippen LogP contribution in [0, 0.1) is 0 Å². The molecule has 1 aliphatic rings. The zero-order valence-electron chi connectivity index (χ0n) is 11.4. The zero-order chi connectivity index (χ0) is 15.3. The molecular formula is C13H18F3N3O2. The third-order valence-corrected chi connectivity index (χ3v) is 3.18. The van der Waals surface area contributed by atoms with Crippen molar-refractivity contribution in [1.82, 2.24) is 9.88 Å². The SMILES string of the molecule is O[C@@H](CNc1cc(C(F)(F)F)ccn1)CN1CCOCC1. The maximum Gasteiger partial charge on any atom is 0.416 e. The monoisotopic (exact) mass is 305 g/mol. The molecule has 0 amide bonds. The summed E-state index contributed by atoms with van der Waals surface area (Å²) in [5.41, 5.74) is -0.761. The number of rotatable bonds is 5. The van der Waals surface area contributed by atoms with Crippen LogP contribution in [0.2, 0.25) is 0 Å². The molecule has 0 saturated carbocycles. The second-order valence-electron chi connectivity index (χ2n) is 4.88. The largest absolute Gasteiger partial charge is 0.416 e. The Bertz CT molecular complexity index is 451. The first-order valence-corrected chi connectivity index (χ1v) is 6.70. The average molecular weight is 305 g/mol. The highest BCUT2D eigenvalue weighted by molar-refractivity contribution is 5.38. The van der Waals surface area contributed by atoms with Crippen molar-refractivity contribution in [2.75, 3.05) is 44.7 Å². The first-order valence-electron chi connectivity index (χ1n) is 6.70. The highest BCUT2D eigenvalue weighted by atomic mass is 19.4. The van der Waals surface area contributed by atoms with Crippen LogP contribution in [0.25, 0.3) is 0 Å². The van der Waals surface area contributed by atoms with Gasteiger partial charge in [0.25, 0.3) is 0 Å². The van der Waals surface area contributed by atoms with Gasteiger partial charge in [-0.3, -0.25) is 4.90 Å². The van der Waals surface area contributed by atoms with Crippen LogP contribution in [-0.4, -0.2) is 60.5 Å². The number of ether oxygens (including phenoxy) is 1. The van der Waals surface area contributed by atoms with Crippen LogP contribution >= 0.6 is 0 Å². The van der Waals surface area contributed by atoms with E-state index in [1.54, 1.807) is 0 Å². The molecule has 0 radical (unpaired) electrons. The summed E-state index contributed by atoms with van der Waals surface area (Å²) in [5.74, 6) is 0.103. The highest BCUT2D eigenvalue weighted by Crippen LogP contribution is 2.29. The Morgan fingerprint density at radius 2 is 2.10 bits per heavy atom. The van der Waals surface area contributed by atoms with Gasteiger partial charge in [0.05, 0.1) is 24.9 Å². The molecule has 1 saturated heterocycles. The summed E-state index contributed by atoms with van der Waals surface area (Å²) in [6.45, 7) is 3.36. The standard InChI is InChI=1S/C13H18F3N3O2/c14-13(15,16)10-1-2-17-12(7-10)18-8-11(20)9-19-3-5-21-6-4-19/h1-2,7,11,20H,3-6,8-9H2,(H,17,18)/t11-/m0/s1. The van der Waals surface area contributed by atoms with Crippen molar-refractivity contribution < 1.29 is 23.0 Å². The van der Waals surface area contributed by atoms with E-state index in [-0.39, 0.29) is 12.4 Å². The van der Waals surface area contributed by atoms with Crippen LogP contribution < -0.4 is 5.32 Å². The molecule has 5 nitrogen and oxygen atoms in total. The number of aromatic nitrogens is 1. The van der Waals surface area contributed by atoms with Crippen molar-refractivity contribution in [3.8, 4) is 0 Å². The minimum atomic E-state index is -4.40. The summed E-state index contributed by atoms with van der Waals surface area (Å²) in [6.07, 6.45) is -3.98. The molecular weight excluding hydrogens is 287 g/mol. The number of aliphatic hydroxyl groups excluding tert-OH is 1. The van der Waals surface area contributed by atoms with E-state index in [1.807, 2.05) is 0 Å². The number of anilines is 1. The van der Waals surface area contributed by atoms with Gasteiger partial charge in [-0.15, -0.1) is 0 Å². The summed E-state index contributed by atoms with van der Waals surface area (Å²) >= 11 is 0. The first kappa shape index (κ1) is 16.0. The Balaban J connectivity index is 1.82. The summed E-state index contributed by atoms with van der Waals surface area (Å²) < 4.78 is 42.9. The fourth-order valence-electron chi connectivity index (χ4n) is 2.07. The molecule has 0 aromatic carbocycles. The van der Waals surface area contributed by atoms with E-state index in [0.717, 1.165) is 31.4 Å². The normalized spacial score (nSPS) is 18.5. The minimum Gasteiger partial charge on any atom is -0.390 e. The number of alkyl halides is 3. The summed E-state index contributed by atoms with van der Waals surface area (Å²) in [6, 6.07) is 1.84. The molecule has 1 atom stereocenters. The smallest absolute Gasteiger partial charge is 0.390 e. The first-order chi connectivity index (χ1) is 9.95. The number of pyridine rings is 1. The van der Waals surface area contributed by atoms with E-state index in [4.69, 9.17) is 4.74 Å². The number of aliphatic hydroxyl groups is 1. The summed E-state index contributed by atoms with van der Waals surface area (Å²) in [4.78, 5) is 5.87. The molecule has 1 aliphatic heterocycles. The van der Waals surface area contributed by atoms with Crippen molar-refractivity contribution in [3.05, 3.63) is 23.9 Å². The van der Waals surface area contributed by atoms with Crippen molar-refractivity contribution in [3.63, 3.8) is 0 Å². The van der Waals surface area contributed by atoms with Crippen molar-refractivity contribution in [1.29, 1.82) is 0 Å². The molecule has 21 heavy (non-hydrogen) atoms. The molecule has 2 N–H and O–H groups in total. The van der Waals surface area contributed by atoms with Gasteiger partial charge in [0.15, 0.2) is 0 Å². The molecule has 0 spiro atoms. The number of β-amino-alcohol motifs (C(OH)–C–C–N with tert-alkyl or cyclic N) is 1. The summed E-state index contributed by atoms with van der Waals surface area (Å²) in [7, 11) is 0. The topological polar surface area (TPSA) is 57.6 Å². The Morgan fingerprint density at radius 1 is 1.38 bits per heavy atom. The van der Waals surface area contributed by atoms with E-state index in [9.17, 15) is 18.3 Å². The lowest BCUT2D eigenvalue weighted by Gasteiger charge is -2.28. The minimum absolute atomic E-state index is 0.103. The number of nitrogens with zero attached hydrogens (tertiary/aromatic N) is 2. The van der Waals surface area contributed by atoms with Gasteiger partial charge in [0.1, 0.15) is 5.82 Å². The van der Waals surface area contributed by atoms with E-state index in [2.05, 4.69) is 15.2 Å². The lowest BCUT2D eigenvalue weighted by atomic mass is 10.2. The molecule has 1 aromatic rings. The lowest BCUT2D eigenvalue weighted by molar-refractivity contribution is -0.137. The van der Waals surface area contributed by atoms with Crippen LogP contribution in [0.5, 0.6) is 0 Å². The van der Waals surface area contributed by atoms with Gasteiger partial charge in [-0.2, -0.15) is 13.2 Å². The number of halogens is 3. The maximum absolute atomic E-state index is 12.6. The van der Waals surface area contributed by atoms with Gasteiger partial charge in [-0.05, 0) is 12.1 Å². The van der Waals surface area contributed by atoms with E-state index >= 15 is 0 Å². The third-order valence-electron chi connectivity index (χ3n) is 3.18. The summed E-state index contributed by atoms with van der Waals surface area (Å²) in [5, 5.41) is 12.6. The lowest BCUT2D eigenvalue weighted by Crippen LogP contribution is -2.42. The Hall–Kier alpha value is -1.38. The number of hydrogen-bond donors (Lipinski definition) is 2. The van der Waals surface area contributed by atoms with Gasteiger partial charge < -0.3 is 15.2 Å². The van der Waals surface area contributed by atoms with Crippen LogP contribution in [-0.2, 0) is 10.9 Å². The predicted molar refractivity (Wildman–Crippen MR) is 71.0 cm³/mol. The Kier molecular flexibility index (Phi) is 5.38. The van der Waals surface area contributed by atoms with Gasteiger partial charge in [0.2, 0.25) is 0 Å². The second kappa shape index (κ2) is 7.06. The number of hydrogen-bond acceptors (Lipinski definition) is 5. The molecule has 2 rings (SSSR count). The molecule has 0 unspecified atom stereocenters. The third kappa shape index (κ3) is 5.14. The van der Waals surface area contributed by atoms with E-state index in [0.29, 0.717) is 19.8 Å². The fourth-order valence-corrected chi connectivity index (χ4v) is 2.07. The zero-order valence-corrected chi connectivity index (χ0v) is 11.4. The van der Waals surface area contributed by atoms with E-state index < -0.39 is 17.8 Å². The van der Waals surface area contributed by atoms with Gasteiger partial charge in [-0.25, -0.2) is 4.98 Å². The van der Waals surface area contributed by atoms with Gasteiger partial charge in [0, 0.05) is 32.4 Å². The molecule has 0 aliphatic carbocycles. The molecule has 2 heterocycles. The molecule has 1 fully saturated rings. The van der Waals surface area contributed by atoms with Crippen LogP contribution in [0.4, 0.5) is 19.0 Å². The van der Waals surface area contributed by atoms with Crippen LogP contribution in [0.3, 0.4) is 0 Å². The van der Waals surface area contributed by atoms with Crippen molar-refractivity contribution in [2.45, 2.75) is 12.3 Å². The number of nitrogens with one attached hydrogen (secondary N) is 1. The highest BCUT2D eigenvalue weighted by Gasteiger charge is 2.30.